The number of aryl methyl sites for hydroxylation is 1. The monoisotopic (exact) mass is 296 g/mol. The SMILES string of the molecule is Cc1cc(NC(=O)CN2CCCN(CC(=O)O)CC2)on1. The molecule has 0 spiro atoms. The van der Waals surface area contributed by atoms with Crippen LogP contribution < -0.4 is 5.32 Å². The molecular weight excluding hydrogens is 276 g/mol. The van der Waals surface area contributed by atoms with Crippen molar-refractivity contribution >= 4 is 17.8 Å². The average molecular weight is 296 g/mol. The van der Waals surface area contributed by atoms with Gasteiger partial charge in [-0.3, -0.25) is 24.7 Å². The Kier molecular flexibility index (Phi) is 5.29. The van der Waals surface area contributed by atoms with Crippen LogP contribution in [0.5, 0.6) is 0 Å². The molecule has 0 unspecified atom stereocenters. The molecule has 2 heterocycles. The molecule has 1 amide bonds. The summed E-state index contributed by atoms with van der Waals surface area (Å²) in [5.74, 6) is -0.625. The second-order valence-electron chi connectivity index (χ2n) is 5.18. The van der Waals surface area contributed by atoms with E-state index in [4.69, 9.17) is 9.63 Å². The van der Waals surface area contributed by atoms with E-state index in [1.165, 1.54) is 0 Å². The number of carbonyl (C=O) groups excluding carboxylic acids is 1. The summed E-state index contributed by atoms with van der Waals surface area (Å²) in [4.78, 5) is 26.5. The molecule has 0 aromatic carbocycles. The first-order chi connectivity index (χ1) is 10.0. The normalized spacial score (nSPS) is 17.4. The zero-order chi connectivity index (χ0) is 15.2. The Balaban J connectivity index is 1.77. The quantitative estimate of drug-likeness (QED) is 0.790. The molecule has 2 rings (SSSR count). The van der Waals surface area contributed by atoms with Crippen LogP contribution in [0.1, 0.15) is 12.1 Å². The number of carboxylic acid groups (broad SMARTS) is 1. The van der Waals surface area contributed by atoms with Crippen molar-refractivity contribution in [3.05, 3.63) is 11.8 Å². The largest absolute Gasteiger partial charge is 0.480 e. The molecule has 0 bridgehead atoms. The van der Waals surface area contributed by atoms with Crippen molar-refractivity contribution in [2.45, 2.75) is 13.3 Å². The third-order valence-electron chi connectivity index (χ3n) is 3.30. The maximum Gasteiger partial charge on any atom is 0.317 e. The summed E-state index contributed by atoms with van der Waals surface area (Å²) in [6.45, 7) is 4.95. The van der Waals surface area contributed by atoms with Gasteiger partial charge in [0.15, 0.2) is 0 Å². The van der Waals surface area contributed by atoms with Gasteiger partial charge in [-0.1, -0.05) is 5.16 Å². The minimum atomic E-state index is -0.818. The molecular formula is C13H20N4O4. The first-order valence-electron chi connectivity index (χ1n) is 6.92. The zero-order valence-electron chi connectivity index (χ0n) is 12.0. The molecule has 8 nitrogen and oxygen atoms in total. The van der Waals surface area contributed by atoms with Gasteiger partial charge in [0, 0.05) is 25.7 Å². The van der Waals surface area contributed by atoms with Gasteiger partial charge < -0.3 is 9.63 Å². The van der Waals surface area contributed by atoms with E-state index < -0.39 is 5.97 Å². The maximum absolute atomic E-state index is 11.9. The van der Waals surface area contributed by atoms with Crippen LogP contribution in [-0.2, 0) is 9.59 Å². The summed E-state index contributed by atoms with van der Waals surface area (Å²) in [6.07, 6.45) is 0.849. The lowest BCUT2D eigenvalue weighted by atomic mass is 10.3. The standard InChI is InChI=1S/C13H20N4O4/c1-10-7-12(21-15-10)14-11(18)8-16-3-2-4-17(6-5-16)9-13(19)20/h7H,2-6,8-9H2,1H3,(H,14,18)(H,19,20). The van der Waals surface area contributed by atoms with Crippen LogP contribution >= 0.6 is 0 Å². The molecule has 1 aromatic heterocycles. The van der Waals surface area contributed by atoms with Crippen LogP contribution in [0.15, 0.2) is 10.6 Å². The lowest BCUT2D eigenvalue weighted by molar-refractivity contribution is -0.138. The van der Waals surface area contributed by atoms with Crippen molar-refractivity contribution < 1.29 is 19.2 Å². The van der Waals surface area contributed by atoms with Crippen LogP contribution in [-0.4, -0.2) is 71.2 Å². The van der Waals surface area contributed by atoms with Gasteiger partial charge in [0.05, 0.1) is 18.8 Å². The van der Waals surface area contributed by atoms with E-state index >= 15 is 0 Å². The number of nitrogens with one attached hydrogen (secondary N) is 1. The van der Waals surface area contributed by atoms with Crippen LogP contribution in [0, 0.1) is 6.92 Å². The molecule has 1 fully saturated rings. The highest BCUT2D eigenvalue weighted by molar-refractivity contribution is 5.90. The van der Waals surface area contributed by atoms with E-state index in [1.807, 2.05) is 9.80 Å². The van der Waals surface area contributed by atoms with Crippen molar-refractivity contribution in [3.63, 3.8) is 0 Å². The molecule has 8 heteroatoms. The highest BCUT2D eigenvalue weighted by Crippen LogP contribution is 2.09. The molecule has 0 radical (unpaired) electrons. The number of carboxylic acids is 1. The van der Waals surface area contributed by atoms with Crippen LogP contribution in [0.25, 0.3) is 0 Å². The first-order valence-corrected chi connectivity index (χ1v) is 6.92. The maximum atomic E-state index is 11.9. The zero-order valence-corrected chi connectivity index (χ0v) is 12.0. The summed E-state index contributed by atoms with van der Waals surface area (Å²) < 4.78 is 4.94. The summed E-state index contributed by atoms with van der Waals surface area (Å²) in [7, 11) is 0. The summed E-state index contributed by atoms with van der Waals surface area (Å²) in [5.41, 5.74) is 0.712. The third kappa shape index (κ3) is 5.16. The van der Waals surface area contributed by atoms with E-state index in [1.54, 1.807) is 13.0 Å². The van der Waals surface area contributed by atoms with Gasteiger partial charge in [-0.2, -0.15) is 0 Å². The van der Waals surface area contributed by atoms with Gasteiger partial charge in [-0.05, 0) is 19.9 Å². The topological polar surface area (TPSA) is 98.9 Å². The fraction of sp³-hybridized carbons (Fsp3) is 0.615. The van der Waals surface area contributed by atoms with Crippen LogP contribution in [0.3, 0.4) is 0 Å². The number of hydrogen-bond donors (Lipinski definition) is 2. The summed E-state index contributed by atoms with van der Waals surface area (Å²) in [5, 5.41) is 15.2. The molecule has 1 saturated heterocycles. The molecule has 21 heavy (non-hydrogen) atoms. The highest BCUT2D eigenvalue weighted by Gasteiger charge is 2.18. The van der Waals surface area contributed by atoms with Crippen LogP contribution in [0.2, 0.25) is 0 Å². The van der Waals surface area contributed by atoms with Crippen molar-refractivity contribution in [1.29, 1.82) is 0 Å². The minimum Gasteiger partial charge on any atom is -0.480 e. The van der Waals surface area contributed by atoms with Gasteiger partial charge in [-0.25, -0.2) is 0 Å². The Hall–Kier alpha value is -1.93. The van der Waals surface area contributed by atoms with Crippen molar-refractivity contribution in [1.82, 2.24) is 15.0 Å². The van der Waals surface area contributed by atoms with E-state index in [9.17, 15) is 9.59 Å². The fourth-order valence-corrected chi connectivity index (χ4v) is 2.33. The number of carbonyl (C=O) groups is 2. The lowest BCUT2D eigenvalue weighted by Gasteiger charge is -2.19. The highest BCUT2D eigenvalue weighted by atomic mass is 16.5. The fourth-order valence-electron chi connectivity index (χ4n) is 2.33. The van der Waals surface area contributed by atoms with Crippen LogP contribution in [0.4, 0.5) is 5.88 Å². The van der Waals surface area contributed by atoms with Crippen molar-refractivity contribution in [2.75, 3.05) is 44.6 Å². The second-order valence-corrected chi connectivity index (χ2v) is 5.18. The molecule has 1 aliphatic heterocycles. The summed E-state index contributed by atoms with van der Waals surface area (Å²) in [6, 6.07) is 1.66. The number of aliphatic carboxylic acids is 1. The molecule has 0 aliphatic carbocycles. The van der Waals surface area contributed by atoms with E-state index in [2.05, 4.69) is 10.5 Å². The Morgan fingerprint density at radius 3 is 2.52 bits per heavy atom. The molecule has 1 aliphatic rings. The molecule has 0 saturated carbocycles. The summed E-state index contributed by atoms with van der Waals surface area (Å²) >= 11 is 0. The van der Waals surface area contributed by atoms with E-state index in [-0.39, 0.29) is 19.0 Å². The first kappa shape index (κ1) is 15.5. The predicted molar refractivity (Wildman–Crippen MR) is 75.0 cm³/mol. The van der Waals surface area contributed by atoms with Gasteiger partial charge in [0.25, 0.3) is 0 Å². The number of hydrogen-bond acceptors (Lipinski definition) is 6. The molecule has 0 atom stereocenters. The van der Waals surface area contributed by atoms with E-state index in [0.29, 0.717) is 24.7 Å². The number of nitrogens with zero attached hydrogens (tertiary/aromatic N) is 3. The molecule has 116 valence electrons. The van der Waals surface area contributed by atoms with Gasteiger partial charge in [-0.15, -0.1) is 0 Å². The third-order valence-corrected chi connectivity index (χ3v) is 3.30. The van der Waals surface area contributed by atoms with Gasteiger partial charge in [0.1, 0.15) is 0 Å². The average Bonchev–Trinajstić information content (AvgIpc) is 2.67. The number of amides is 1. The lowest BCUT2D eigenvalue weighted by Crippen LogP contribution is -2.37. The van der Waals surface area contributed by atoms with E-state index in [0.717, 1.165) is 19.5 Å². The second kappa shape index (κ2) is 7.19. The minimum absolute atomic E-state index is 0.0530. The van der Waals surface area contributed by atoms with Gasteiger partial charge >= 0.3 is 5.97 Å². The Bertz CT molecular complexity index is 502. The predicted octanol–water partition coefficient (Wildman–Crippen LogP) is 0.0138. The molecule has 1 aromatic rings. The van der Waals surface area contributed by atoms with Crippen molar-refractivity contribution in [2.24, 2.45) is 0 Å². The number of rotatable bonds is 5. The Morgan fingerprint density at radius 2 is 1.95 bits per heavy atom. The Morgan fingerprint density at radius 1 is 1.29 bits per heavy atom. The number of aromatic nitrogens is 1. The number of anilines is 1. The Labute approximate surface area is 122 Å². The van der Waals surface area contributed by atoms with Gasteiger partial charge in [0.2, 0.25) is 11.8 Å². The van der Waals surface area contributed by atoms with Crippen molar-refractivity contribution in [3.8, 4) is 0 Å². The molecule has 2 N–H and O–H groups in total. The smallest absolute Gasteiger partial charge is 0.317 e.